The van der Waals surface area contributed by atoms with E-state index in [9.17, 15) is 9.90 Å². The van der Waals surface area contributed by atoms with Crippen molar-refractivity contribution in [2.24, 2.45) is 5.92 Å². The molecule has 0 aliphatic rings. The molecule has 2 N–H and O–H groups in total. The van der Waals surface area contributed by atoms with Gasteiger partial charge in [0.05, 0.1) is 24.8 Å². The predicted molar refractivity (Wildman–Crippen MR) is 80.2 cm³/mol. The molecule has 0 spiro atoms. The Morgan fingerprint density at radius 3 is 2.65 bits per heavy atom. The van der Waals surface area contributed by atoms with Gasteiger partial charge in [0.2, 0.25) is 5.91 Å². The van der Waals surface area contributed by atoms with Gasteiger partial charge in [-0.25, -0.2) is 0 Å². The Morgan fingerprint density at radius 2 is 2.15 bits per heavy atom. The number of methoxy groups -OCH3 is 1. The van der Waals surface area contributed by atoms with Crippen LogP contribution in [-0.2, 0) is 11.2 Å². The molecule has 5 heteroatoms. The number of carbonyl (C=O) groups is 1. The molecule has 1 aromatic carbocycles. The standard InChI is InChI=1S/C15H22ClNO3/c1-10(2)13(9-18)17-15(19)7-5-11-4-6-14(20-3)12(16)8-11/h4,6,8,10,13,18H,5,7,9H2,1-3H3,(H,17,19)/t13-/m1/s1. The summed E-state index contributed by atoms with van der Waals surface area (Å²) in [5, 5.41) is 12.5. The molecule has 1 rings (SSSR count). The van der Waals surface area contributed by atoms with Gasteiger partial charge in [-0.1, -0.05) is 31.5 Å². The first-order chi connectivity index (χ1) is 9.47. The van der Waals surface area contributed by atoms with Crippen LogP contribution in [0.15, 0.2) is 18.2 Å². The van der Waals surface area contributed by atoms with E-state index in [1.54, 1.807) is 19.2 Å². The van der Waals surface area contributed by atoms with E-state index < -0.39 is 0 Å². The van der Waals surface area contributed by atoms with Gasteiger partial charge in [-0.05, 0) is 30.0 Å². The average Bonchev–Trinajstić information content (AvgIpc) is 2.42. The third-order valence-corrected chi connectivity index (χ3v) is 3.50. The number of nitrogens with one attached hydrogen (secondary N) is 1. The van der Waals surface area contributed by atoms with Crippen molar-refractivity contribution in [3.05, 3.63) is 28.8 Å². The molecule has 0 saturated carbocycles. The summed E-state index contributed by atoms with van der Waals surface area (Å²) in [4.78, 5) is 11.8. The molecule has 0 aliphatic heterocycles. The summed E-state index contributed by atoms with van der Waals surface area (Å²) in [6, 6.07) is 5.30. The highest BCUT2D eigenvalue weighted by molar-refractivity contribution is 6.32. The minimum absolute atomic E-state index is 0.0439. The van der Waals surface area contributed by atoms with Crippen LogP contribution in [0.3, 0.4) is 0 Å². The van der Waals surface area contributed by atoms with E-state index in [0.717, 1.165) is 5.56 Å². The van der Waals surface area contributed by atoms with Crippen molar-refractivity contribution < 1.29 is 14.6 Å². The van der Waals surface area contributed by atoms with Gasteiger partial charge in [-0.2, -0.15) is 0 Å². The molecule has 0 unspecified atom stereocenters. The van der Waals surface area contributed by atoms with Crippen molar-refractivity contribution in [1.82, 2.24) is 5.32 Å². The maximum Gasteiger partial charge on any atom is 0.220 e. The van der Waals surface area contributed by atoms with Gasteiger partial charge in [0, 0.05) is 6.42 Å². The number of aliphatic hydroxyl groups is 1. The van der Waals surface area contributed by atoms with E-state index in [-0.39, 0.29) is 24.5 Å². The molecular weight excluding hydrogens is 278 g/mol. The third-order valence-electron chi connectivity index (χ3n) is 3.20. The zero-order valence-corrected chi connectivity index (χ0v) is 12.9. The first-order valence-electron chi connectivity index (χ1n) is 6.70. The van der Waals surface area contributed by atoms with E-state index in [1.165, 1.54) is 0 Å². The van der Waals surface area contributed by atoms with E-state index in [4.69, 9.17) is 16.3 Å². The number of hydrogen-bond donors (Lipinski definition) is 2. The van der Waals surface area contributed by atoms with E-state index >= 15 is 0 Å². The maximum atomic E-state index is 11.8. The maximum absolute atomic E-state index is 11.8. The van der Waals surface area contributed by atoms with Gasteiger partial charge in [-0.15, -0.1) is 0 Å². The van der Waals surface area contributed by atoms with Crippen LogP contribution >= 0.6 is 11.6 Å². The van der Waals surface area contributed by atoms with Crippen molar-refractivity contribution in [2.75, 3.05) is 13.7 Å². The van der Waals surface area contributed by atoms with Crippen LogP contribution in [0, 0.1) is 5.92 Å². The number of amides is 1. The molecule has 0 radical (unpaired) electrons. The SMILES string of the molecule is COc1ccc(CCC(=O)N[C@H](CO)C(C)C)cc1Cl. The number of hydrogen-bond acceptors (Lipinski definition) is 3. The second-order valence-corrected chi connectivity index (χ2v) is 5.48. The van der Waals surface area contributed by atoms with Gasteiger partial charge in [0.25, 0.3) is 0 Å². The summed E-state index contributed by atoms with van der Waals surface area (Å²) in [5.74, 6) is 0.768. The molecule has 0 saturated heterocycles. The Hall–Kier alpha value is -1.26. The summed E-state index contributed by atoms with van der Waals surface area (Å²) in [6.45, 7) is 3.88. The largest absolute Gasteiger partial charge is 0.495 e. The van der Waals surface area contributed by atoms with Crippen LogP contribution in [0.4, 0.5) is 0 Å². The first-order valence-corrected chi connectivity index (χ1v) is 7.08. The number of benzene rings is 1. The molecule has 0 aliphatic carbocycles. The average molecular weight is 300 g/mol. The van der Waals surface area contributed by atoms with Crippen LogP contribution in [0.25, 0.3) is 0 Å². The quantitative estimate of drug-likeness (QED) is 0.813. The van der Waals surface area contributed by atoms with Crippen LogP contribution in [-0.4, -0.2) is 30.8 Å². The van der Waals surface area contributed by atoms with Gasteiger partial charge < -0.3 is 15.2 Å². The van der Waals surface area contributed by atoms with Crippen molar-refractivity contribution in [3.63, 3.8) is 0 Å². The summed E-state index contributed by atoms with van der Waals surface area (Å²) in [5.41, 5.74) is 0.982. The summed E-state index contributed by atoms with van der Waals surface area (Å²) < 4.78 is 5.08. The number of halogens is 1. The highest BCUT2D eigenvalue weighted by Gasteiger charge is 2.14. The number of aryl methyl sites for hydroxylation is 1. The summed E-state index contributed by atoms with van der Waals surface area (Å²) >= 11 is 6.03. The van der Waals surface area contributed by atoms with Gasteiger partial charge in [-0.3, -0.25) is 4.79 Å². The lowest BCUT2D eigenvalue weighted by atomic mass is 10.0. The Balaban J connectivity index is 2.50. The fraction of sp³-hybridized carbons (Fsp3) is 0.533. The second kappa shape index (κ2) is 8.12. The minimum atomic E-state index is -0.193. The molecule has 1 amide bonds. The fourth-order valence-electron chi connectivity index (χ4n) is 1.83. The number of ether oxygens (including phenoxy) is 1. The molecule has 0 bridgehead atoms. The highest BCUT2D eigenvalue weighted by Crippen LogP contribution is 2.25. The van der Waals surface area contributed by atoms with Crippen LogP contribution in [0.2, 0.25) is 5.02 Å². The Bertz CT molecular complexity index is 449. The highest BCUT2D eigenvalue weighted by atomic mass is 35.5. The molecule has 1 aromatic rings. The molecule has 4 nitrogen and oxygen atoms in total. The van der Waals surface area contributed by atoms with Crippen molar-refractivity contribution in [2.45, 2.75) is 32.7 Å². The monoisotopic (exact) mass is 299 g/mol. The smallest absolute Gasteiger partial charge is 0.220 e. The van der Waals surface area contributed by atoms with E-state index in [2.05, 4.69) is 5.32 Å². The van der Waals surface area contributed by atoms with E-state index in [1.807, 2.05) is 19.9 Å². The fourth-order valence-corrected chi connectivity index (χ4v) is 2.11. The molecule has 0 aromatic heterocycles. The molecule has 0 heterocycles. The molecule has 20 heavy (non-hydrogen) atoms. The van der Waals surface area contributed by atoms with Crippen LogP contribution in [0.5, 0.6) is 5.75 Å². The second-order valence-electron chi connectivity index (χ2n) is 5.07. The van der Waals surface area contributed by atoms with Crippen LogP contribution in [0.1, 0.15) is 25.8 Å². The predicted octanol–water partition coefficient (Wildman–Crippen LogP) is 2.41. The number of carbonyl (C=O) groups excluding carboxylic acids is 1. The van der Waals surface area contributed by atoms with Gasteiger partial charge in [0.1, 0.15) is 5.75 Å². The molecule has 0 fully saturated rings. The zero-order valence-electron chi connectivity index (χ0n) is 12.1. The Morgan fingerprint density at radius 1 is 1.45 bits per heavy atom. The summed E-state index contributed by atoms with van der Waals surface area (Å²) in [7, 11) is 1.56. The first kappa shape index (κ1) is 16.8. The molecule has 1 atom stereocenters. The lowest BCUT2D eigenvalue weighted by Crippen LogP contribution is -2.41. The van der Waals surface area contributed by atoms with Crippen molar-refractivity contribution >= 4 is 17.5 Å². The number of rotatable bonds is 7. The normalized spacial score (nSPS) is 12.3. The van der Waals surface area contributed by atoms with Gasteiger partial charge >= 0.3 is 0 Å². The van der Waals surface area contributed by atoms with Crippen molar-refractivity contribution in [1.29, 1.82) is 0 Å². The zero-order chi connectivity index (χ0) is 15.1. The van der Waals surface area contributed by atoms with E-state index in [0.29, 0.717) is 23.6 Å². The van der Waals surface area contributed by atoms with Crippen LogP contribution < -0.4 is 10.1 Å². The third kappa shape index (κ3) is 5.02. The number of aliphatic hydroxyl groups excluding tert-OH is 1. The van der Waals surface area contributed by atoms with Gasteiger partial charge in [0.15, 0.2) is 0 Å². The minimum Gasteiger partial charge on any atom is -0.495 e. The molecule has 112 valence electrons. The Labute approximate surface area is 125 Å². The Kier molecular flexibility index (Phi) is 6.82. The lowest BCUT2D eigenvalue weighted by molar-refractivity contribution is -0.122. The molecular formula is C15H22ClNO3. The van der Waals surface area contributed by atoms with Crippen molar-refractivity contribution in [3.8, 4) is 5.75 Å². The lowest BCUT2D eigenvalue weighted by Gasteiger charge is -2.19. The topological polar surface area (TPSA) is 58.6 Å². The summed E-state index contributed by atoms with van der Waals surface area (Å²) in [6.07, 6.45) is 0.970.